The molecule has 0 saturated heterocycles. The number of aliphatic imine (C=N–C) groups is 1. The number of hydrogen-bond acceptors (Lipinski definition) is 3. The van der Waals surface area contributed by atoms with Crippen molar-refractivity contribution in [1.29, 1.82) is 0 Å². The van der Waals surface area contributed by atoms with Gasteiger partial charge in [-0.2, -0.15) is 0 Å². The molecule has 0 radical (unpaired) electrons. The molecular weight excluding hydrogens is 453 g/mol. The summed E-state index contributed by atoms with van der Waals surface area (Å²) in [5.74, 6) is 2.54. The minimum Gasteiger partial charge on any atom is -0.361 e. The molecule has 0 bridgehead atoms. The number of fused-ring (bicyclic) bond motifs is 1. The normalized spacial score (nSPS) is 11.5. The van der Waals surface area contributed by atoms with Crippen molar-refractivity contribution in [2.24, 2.45) is 12.0 Å². The van der Waals surface area contributed by atoms with Gasteiger partial charge >= 0.3 is 0 Å². The molecule has 0 fully saturated rings. The summed E-state index contributed by atoms with van der Waals surface area (Å²) in [7, 11) is 1.96. The summed E-state index contributed by atoms with van der Waals surface area (Å²) in [5, 5.41) is 16.2. The van der Waals surface area contributed by atoms with Crippen molar-refractivity contribution < 1.29 is 0 Å². The summed E-state index contributed by atoms with van der Waals surface area (Å²) in [6.45, 7) is 8.25. The molecule has 2 aromatic heterocycles. The molecule has 0 atom stereocenters. The van der Waals surface area contributed by atoms with Gasteiger partial charge in [-0.25, -0.2) is 4.99 Å². The Morgan fingerprint density at radius 3 is 2.74 bits per heavy atom. The summed E-state index contributed by atoms with van der Waals surface area (Å²) >= 11 is 0. The summed E-state index contributed by atoms with van der Waals surface area (Å²) < 4.78 is 1.96. The van der Waals surface area contributed by atoms with E-state index in [1.807, 2.05) is 18.5 Å². The van der Waals surface area contributed by atoms with Crippen LogP contribution in [0.25, 0.3) is 10.9 Å². The van der Waals surface area contributed by atoms with E-state index in [0.717, 1.165) is 37.1 Å². The molecule has 2 heterocycles. The monoisotopic (exact) mass is 481 g/mol. The number of hydrogen-bond donors (Lipinski definition) is 3. The van der Waals surface area contributed by atoms with Crippen LogP contribution in [0, 0.1) is 13.8 Å². The van der Waals surface area contributed by atoms with Crippen LogP contribution < -0.4 is 10.6 Å². The summed E-state index contributed by atoms with van der Waals surface area (Å²) in [6, 6.07) is 6.41. The molecule has 0 spiro atoms. The Morgan fingerprint density at radius 2 is 2.04 bits per heavy atom. The first kappa shape index (κ1) is 21.2. The Bertz CT molecular complexity index is 910. The Hall–Kier alpha value is -2.10. The maximum absolute atomic E-state index is 4.62. The van der Waals surface area contributed by atoms with E-state index in [-0.39, 0.29) is 24.0 Å². The SMILES string of the molecule is CCNC(=NCc1nnc(C)n1C)NCCc1c[nH]c2c(C)cccc12.I. The predicted molar refractivity (Wildman–Crippen MR) is 121 cm³/mol. The van der Waals surface area contributed by atoms with Crippen molar-refractivity contribution in [3.05, 3.63) is 47.2 Å². The maximum atomic E-state index is 4.62. The van der Waals surface area contributed by atoms with Crippen LogP contribution in [0.15, 0.2) is 29.4 Å². The molecule has 0 unspecified atom stereocenters. The van der Waals surface area contributed by atoms with Crippen LogP contribution in [-0.2, 0) is 20.0 Å². The Balaban J connectivity index is 0.00000261. The highest BCUT2D eigenvalue weighted by Crippen LogP contribution is 2.21. The molecule has 3 N–H and O–H groups in total. The smallest absolute Gasteiger partial charge is 0.191 e. The van der Waals surface area contributed by atoms with E-state index in [4.69, 9.17) is 0 Å². The molecule has 0 amide bonds. The minimum atomic E-state index is 0. The highest BCUT2D eigenvalue weighted by atomic mass is 127. The van der Waals surface area contributed by atoms with Gasteiger partial charge in [0.05, 0.1) is 0 Å². The minimum absolute atomic E-state index is 0. The fourth-order valence-electron chi connectivity index (χ4n) is 2.97. The van der Waals surface area contributed by atoms with Crippen LogP contribution in [0.1, 0.15) is 29.7 Å². The second-order valence-electron chi connectivity index (χ2n) is 6.41. The molecule has 0 saturated carbocycles. The van der Waals surface area contributed by atoms with Gasteiger partial charge in [0.25, 0.3) is 0 Å². The second-order valence-corrected chi connectivity index (χ2v) is 6.41. The van der Waals surface area contributed by atoms with E-state index >= 15 is 0 Å². The van der Waals surface area contributed by atoms with Gasteiger partial charge in [0.1, 0.15) is 12.4 Å². The molecule has 0 aliphatic carbocycles. The molecular formula is C19H28IN7. The first-order chi connectivity index (χ1) is 12.6. The number of nitrogens with zero attached hydrogens (tertiary/aromatic N) is 4. The van der Waals surface area contributed by atoms with Crippen LogP contribution in [0.4, 0.5) is 0 Å². The summed E-state index contributed by atoms with van der Waals surface area (Å²) in [4.78, 5) is 8.00. The van der Waals surface area contributed by atoms with E-state index in [1.165, 1.54) is 22.0 Å². The largest absolute Gasteiger partial charge is 0.361 e. The second kappa shape index (κ2) is 9.72. The average Bonchev–Trinajstić information content (AvgIpc) is 3.18. The Labute approximate surface area is 177 Å². The van der Waals surface area contributed by atoms with Crippen LogP contribution in [0.2, 0.25) is 0 Å². The molecule has 0 aliphatic rings. The zero-order valence-corrected chi connectivity index (χ0v) is 18.7. The van der Waals surface area contributed by atoms with Gasteiger partial charge in [-0.1, -0.05) is 18.2 Å². The maximum Gasteiger partial charge on any atom is 0.191 e. The molecule has 1 aromatic carbocycles. The molecule has 146 valence electrons. The standard InChI is InChI=1S/C19H27N7.HI/c1-5-20-19(23-12-17-25-24-14(3)26(17)4)21-10-9-15-11-22-18-13(2)7-6-8-16(15)18;/h6-8,11,22H,5,9-10,12H2,1-4H3,(H2,20,21,23);1H. The van der Waals surface area contributed by atoms with Crippen LogP contribution in [0.5, 0.6) is 0 Å². The average molecular weight is 481 g/mol. The number of aryl methyl sites for hydroxylation is 2. The number of rotatable bonds is 6. The lowest BCUT2D eigenvalue weighted by molar-refractivity contribution is 0.754. The third-order valence-electron chi connectivity index (χ3n) is 4.60. The van der Waals surface area contributed by atoms with Gasteiger partial charge in [0.15, 0.2) is 11.8 Å². The van der Waals surface area contributed by atoms with Gasteiger partial charge in [-0.15, -0.1) is 34.2 Å². The lowest BCUT2D eigenvalue weighted by atomic mass is 10.1. The third kappa shape index (κ3) is 5.00. The van der Waals surface area contributed by atoms with Gasteiger partial charge < -0.3 is 20.2 Å². The number of nitrogens with one attached hydrogen (secondary N) is 3. The first-order valence-corrected chi connectivity index (χ1v) is 9.02. The van der Waals surface area contributed by atoms with Crippen LogP contribution in [0.3, 0.4) is 0 Å². The lowest BCUT2D eigenvalue weighted by Crippen LogP contribution is -2.38. The van der Waals surface area contributed by atoms with Crippen molar-refractivity contribution >= 4 is 40.8 Å². The zero-order valence-electron chi connectivity index (χ0n) is 16.3. The highest BCUT2D eigenvalue weighted by molar-refractivity contribution is 14.0. The number of benzene rings is 1. The van der Waals surface area contributed by atoms with Gasteiger partial charge in [0, 0.05) is 37.2 Å². The van der Waals surface area contributed by atoms with Gasteiger partial charge in [0.2, 0.25) is 0 Å². The van der Waals surface area contributed by atoms with E-state index in [2.05, 4.69) is 69.1 Å². The van der Waals surface area contributed by atoms with Crippen molar-refractivity contribution in [2.45, 2.75) is 33.7 Å². The number of H-pyrrole nitrogens is 1. The predicted octanol–water partition coefficient (Wildman–Crippen LogP) is 2.83. The highest BCUT2D eigenvalue weighted by Gasteiger charge is 2.07. The molecule has 3 rings (SSSR count). The topological polar surface area (TPSA) is 82.9 Å². The lowest BCUT2D eigenvalue weighted by Gasteiger charge is -2.11. The molecule has 27 heavy (non-hydrogen) atoms. The zero-order chi connectivity index (χ0) is 18.5. The van der Waals surface area contributed by atoms with Crippen molar-refractivity contribution in [3.63, 3.8) is 0 Å². The van der Waals surface area contributed by atoms with Crippen LogP contribution in [-0.4, -0.2) is 38.8 Å². The fraction of sp³-hybridized carbons (Fsp3) is 0.421. The quantitative estimate of drug-likeness (QED) is 0.287. The van der Waals surface area contributed by atoms with Gasteiger partial charge in [-0.3, -0.25) is 0 Å². The summed E-state index contributed by atoms with van der Waals surface area (Å²) in [6.07, 6.45) is 3.03. The van der Waals surface area contributed by atoms with E-state index in [9.17, 15) is 0 Å². The molecule has 3 aromatic rings. The molecule has 7 nitrogen and oxygen atoms in total. The number of aromatic nitrogens is 4. The van der Waals surface area contributed by atoms with Crippen molar-refractivity contribution in [3.8, 4) is 0 Å². The third-order valence-corrected chi connectivity index (χ3v) is 4.60. The van der Waals surface area contributed by atoms with E-state index in [1.54, 1.807) is 0 Å². The van der Waals surface area contributed by atoms with Gasteiger partial charge in [-0.05, 0) is 38.3 Å². The number of halogens is 1. The van der Waals surface area contributed by atoms with Crippen LogP contribution >= 0.6 is 24.0 Å². The number of guanidine groups is 1. The molecule has 0 aliphatic heterocycles. The van der Waals surface area contributed by atoms with Crippen molar-refractivity contribution in [2.75, 3.05) is 13.1 Å². The van der Waals surface area contributed by atoms with E-state index < -0.39 is 0 Å². The Kier molecular flexibility index (Phi) is 7.64. The first-order valence-electron chi connectivity index (χ1n) is 9.02. The number of para-hydroxylation sites is 1. The van der Waals surface area contributed by atoms with Crippen molar-refractivity contribution in [1.82, 2.24) is 30.4 Å². The molecule has 8 heteroatoms. The number of aromatic amines is 1. The fourth-order valence-corrected chi connectivity index (χ4v) is 2.97. The summed E-state index contributed by atoms with van der Waals surface area (Å²) in [5.41, 5.74) is 3.81. The Morgan fingerprint density at radius 1 is 1.22 bits per heavy atom. The van der Waals surface area contributed by atoms with E-state index in [0.29, 0.717) is 6.54 Å².